The Balaban J connectivity index is 1.60. The number of esters is 1. The summed E-state index contributed by atoms with van der Waals surface area (Å²) in [6, 6.07) is 6.85. The molecule has 0 unspecified atom stereocenters. The number of nitrogens with one attached hydrogen (secondary N) is 1. The highest BCUT2D eigenvalue weighted by molar-refractivity contribution is 7.15. The maximum absolute atomic E-state index is 12.1. The van der Waals surface area contributed by atoms with Gasteiger partial charge in [0.15, 0.2) is 5.13 Å². The minimum absolute atomic E-state index is 0.222. The summed E-state index contributed by atoms with van der Waals surface area (Å²) in [6.45, 7) is 5.09. The van der Waals surface area contributed by atoms with Crippen LogP contribution in [0.2, 0.25) is 0 Å². The predicted molar refractivity (Wildman–Crippen MR) is 102 cm³/mol. The summed E-state index contributed by atoms with van der Waals surface area (Å²) in [5.74, 6) is -0.604. The first-order valence-electron chi connectivity index (χ1n) is 8.47. The van der Waals surface area contributed by atoms with Crippen molar-refractivity contribution in [3.63, 3.8) is 0 Å². The van der Waals surface area contributed by atoms with Crippen LogP contribution in [0.15, 0.2) is 30.3 Å². The van der Waals surface area contributed by atoms with Gasteiger partial charge in [0.25, 0.3) is 0 Å². The molecule has 3 rings (SSSR count). The number of rotatable bonds is 5. The van der Waals surface area contributed by atoms with Gasteiger partial charge in [-0.15, -0.1) is 11.3 Å². The Morgan fingerprint density at radius 2 is 2.12 bits per heavy atom. The molecule has 0 atom stereocenters. The number of ether oxygens (including phenoxy) is 1. The smallest absolute Gasteiger partial charge is 0.337 e. The molecule has 7 heteroatoms. The molecule has 1 N–H and O–H groups in total. The molecule has 0 fully saturated rings. The molecular weight excluding hydrogens is 350 g/mol. The molecule has 0 saturated heterocycles. The summed E-state index contributed by atoms with van der Waals surface area (Å²) in [4.78, 5) is 31.7. The molecule has 6 nitrogen and oxygen atoms in total. The number of nitrogens with zero attached hydrogens (tertiary/aromatic N) is 2. The fourth-order valence-corrected chi connectivity index (χ4v) is 3.79. The van der Waals surface area contributed by atoms with Crippen molar-refractivity contribution in [1.29, 1.82) is 0 Å². The number of thiazole rings is 1. The summed E-state index contributed by atoms with van der Waals surface area (Å²) < 4.78 is 4.66. The zero-order chi connectivity index (χ0) is 18.5. The Hall–Kier alpha value is -2.51. The van der Waals surface area contributed by atoms with Crippen LogP contribution in [0.3, 0.4) is 0 Å². The second-order valence-corrected chi connectivity index (χ2v) is 7.03. The lowest BCUT2D eigenvalue weighted by Gasteiger charge is -2.23. The van der Waals surface area contributed by atoms with Crippen LogP contribution in [-0.4, -0.2) is 42.0 Å². The number of methoxy groups -OCH3 is 1. The average molecular weight is 371 g/mol. The van der Waals surface area contributed by atoms with Gasteiger partial charge >= 0.3 is 5.97 Å². The summed E-state index contributed by atoms with van der Waals surface area (Å²) in [5, 5.41) is 3.47. The molecule has 136 valence electrons. The molecule has 1 aromatic carbocycles. The molecule has 2 aromatic rings. The van der Waals surface area contributed by atoms with Gasteiger partial charge in [-0.2, -0.15) is 0 Å². The lowest BCUT2D eigenvalue weighted by atomic mass is 10.1. The van der Waals surface area contributed by atoms with E-state index in [0.717, 1.165) is 37.3 Å². The van der Waals surface area contributed by atoms with Crippen LogP contribution in [0.25, 0.3) is 6.08 Å². The Kier molecular flexibility index (Phi) is 5.80. The van der Waals surface area contributed by atoms with E-state index in [1.165, 1.54) is 18.1 Å². The van der Waals surface area contributed by atoms with Crippen molar-refractivity contribution in [2.75, 3.05) is 25.5 Å². The van der Waals surface area contributed by atoms with E-state index >= 15 is 0 Å². The first-order chi connectivity index (χ1) is 12.6. The Morgan fingerprint density at radius 3 is 2.81 bits per heavy atom. The highest BCUT2D eigenvalue weighted by atomic mass is 32.1. The van der Waals surface area contributed by atoms with Crippen LogP contribution in [-0.2, 0) is 22.5 Å². The van der Waals surface area contributed by atoms with E-state index in [0.29, 0.717) is 10.7 Å². The molecule has 0 spiro atoms. The molecule has 2 heterocycles. The topological polar surface area (TPSA) is 71.5 Å². The maximum Gasteiger partial charge on any atom is 0.337 e. The Morgan fingerprint density at radius 1 is 1.35 bits per heavy atom. The molecule has 1 aliphatic rings. The lowest BCUT2D eigenvalue weighted by Crippen LogP contribution is -2.29. The van der Waals surface area contributed by atoms with Crippen molar-refractivity contribution in [3.05, 3.63) is 52.0 Å². The number of hydrogen-bond acceptors (Lipinski definition) is 6. The number of aromatic nitrogens is 1. The van der Waals surface area contributed by atoms with Gasteiger partial charge in [-0.05, 0) is 30.3 Å². The van der Waals surface area contributed by atoms with Crippen molar-refractivity contribution >= 4 is 34.4 Å². The average Bonchev–Trinajstić information content (AvgIpc) is 3.07. The molecule has 1 amide bonds. The summed E-state index contributed by atoms with van der Waals surface area (Å²) >= 11 is 1.54. The fraction of sp³-hybridized carbons (Fsp3) is 0.316. The third kappa shape index (κ3) is 4.36. The minimum atomic E-state index is -0.382. The SMILES string of the molecule is CCN1CCc2nc(NC(=O)/C=C/c3ccc(C(=O)OC)cc3)sc2C1. The number of carbonyl (C=O) groups is 2. The number of anilines is 1. The van der Waals surface area contributed by atoms with Crippen molar-refractivity contribution in [1.82, 2.24) is 9.88 Å². The third-order valence-electron chi connectivity index (χ3n) is 4.25. The van der Waals surface area contributed by atoms with Crippen molar-refractivity contribution in [2.24, 2.45) is 0 Å². The lowest BCUT2D eigenvalue weighted by molar-refractivity contribution is -0.111. The normalized spacial score (nSPS) is 14.2. The fourth-order valence-electron chi connectivity index (χ4n) is 2.74. The van der Waals surface area contributed by atoms with Crippen molar-refractivity contribution < 1.29 is 14.3 Å². The number of fused-ring (bicyclic) bond motifs is 1. The maximum atomic E-state index is 12.1. The zero-order valence-electron chi connectivity index (χ0n) is 14.8. The molecule has 0 bridgehead atoms. The first-order valence-corrected chi connectivity index (χ1v) is 9.29. The van der Waals surface area contributed by atoms with Crippen LogP contribution in [0.1, 0.15) is 33.4 Å². The quantitative estimate of drug-likeness (QED) is 0.646. The van der Waals surface area contributed by atoms with Crippen LogP contribution in [0.5, 0.6) is 0 Å². The zero-order valence-corrected chi connectivity index (χ0v) is 15.6. The second-order valence-electron chi connectivity index (χ2n) is 5.94. The van der Waals surface area contributed by atoms with Gasteiger partial charge in [-0.25, -0.2) is 9.78 Å². The number of likely N-dealkylation sites (N-methyl/N-ethyl adjacent to an activating group) is 1. The molecule has 0 radical (unpaired) electrons. The summed E-state index contributed by atoms with van der Waals surface area (Å²) in [6.07, 6.45) is 4.09. The molecular formula is C19H21N3O3S. The van der Waals surface area contributed by atoms with Gasteiger partial charge in [0.05, 0.1) is 18.4 Å². The first kappa shape index (κ1) is 18.3. The van der Waals surface area contributed by atoms with E-state index < -0.39 is 0 Å². The minimum Gasteiger partial charge on any atom is -0.465 e. The summed E-state index contributed by atoms with van der Waals surface area (Å²) in [5.41, 5.74) is 2.39. The van der Waals surface area contributed by atoms with Crippen molar-refractivity contribution in [3.8, 4) is 0 Å². The van der Waals surface area contributed by atoms with E-state index in [1.807, 2.05) is 0 Å². The number of carbonyl (C=O) groups excluding carboxylic acids is 2. The highest BCUT2D eigenvalue weighted by Crippen LogP contribution is 2.28. The third-order valence-corrected chi connectivity index (χ3v) is 5.24. The highest BCUT2D eigenvalue weighted by Gasteiger charge is 2.19. The molecule has 0 aliphatic carbocycles. The van der Waals surface area contributed by atoms with Crippen LogP contribution < -0.4 is 5.32 Å². The Labute approximate surface area is 156 Å². The molecule has 1 aromatic heterocycles. The van der Waals surface area contributed by atoms with Gasteiger partial charge in [0, 0.05) is 30.5 Å². The van der Waals surface area contributed by atoms with E-state index in [4.69, 9.17) is 0 Å². The Bertz CT molecular complexity index is 827. The van der Waals surface area contributed by atoms with Crippen LogP contribution in [0, 0.1) is 0 Å². The molecule has 0 saturated carbocycles. The molecule has 1 aliphatic heterocycles. The number of amides is 1. The van der Waals surface area contributed by atoms with Crippen LogP contribution in [0.4, 0.5) is 5.13 Å². The van der Waals surface area contributed by atoms with Gasteiger partial charge < -0.3 is 4.74 Å². The van der Waals surface area contributed by atoms with Crippen LogP contribution >= 0.6 is 11.3 Å². The van der Waals surface area contributed by atoms with Gasteiger partial charge in [-0.3, -0.25) is 15.0 Å². The number of benzene rings is 1. The predicted octanol–water partition coefficient (Wildman–Crippen LogP) is 2.96. The van der Waals surface area contributed by atoms with Crippen molar-refractivity contribution in [2.45, 2.75) is 19.9 Å². The standard InChI is InChI=1S/C19H21N3O3S/c1-3-22-11-10-15-16(12-22)26-19(20-15)21-17(23)9-6-13-4-7-14(8-5-13)18(24)25-2/h4-9H,3,10-12H2,1-2H3,(H,20,21,23)/b9-6+. The monoisotopic (exact) mass is 371 g/mol. The molecule has 26 heavy (non-hydrogen) atoms. The van der Waals surface area contributed by atoms with Gasteiger partial charge in [0.2, 0.25) is 5.91 Å². The summed E-state index contributed by atoms with van der Waals surface area (Å²) in [7, 11) is 1.34. The van der Waals surface area contributed by atoms with E-state index in [9.17, 15) is 9.59 Å². The van der Waals surface area contributed by atoms with E-state index in [1.54, 1.807) is 41.7 Å². The number of hydrogen-bond donors (Lipinski definition) is 1. The van der Waals surface area contributed by atoms with Gasteiger partial charge in [-0.1, -0.05) is 19.1 Å². The second kappa shape index (κ2) is 8.25. The van der Waals surface area contributed by atoms with Gasteiger partial charge in [0.1, 0.15) is 0 Å². The van der Waals surface area contributed by atoms with E-state index in [2.05, 4.69) is 26.9 Å². The largest absolute Gasteiger partial charge is 0.465 e. The van der Waals surface area contributed by atoms with E-state index in [-0.39, 0.29) is 11.9 Å².